The minimum absolute atomic E-state index is 0.0284. The molecule has 192 valence electrons. The fraction of sp³-hybridized carbons (Fsp3) is 0.367. The summed E-state index contributed by atoms with van der Waals surface area (Å²) < 4.78 is 0. The van der Waals surface area contributed by atoms with Gasteiger partial charge in [0.2, 0.25) is 0 Å². The lowest BCUT2D eigenvalue weighted by Gasteiger charge is -2.51. The second-order valence-corrected chi connectivity index (χ2v) is 10.4. The summed E-state index contributed by atoms with van der Waals surface area (Å²) in [4.78, 5) is 28.5. The number of nitro groups is 1. The number of benzene rings is 3. The molecule has 7 heteroatoms. The number of rotatable bonds is 6. The van der Waals surface area contributed by atoms with Crippen molar-refractivity contribution in [1.82, 2.24) is 4.90 Å². The minimum atomic E-state index is -0.463. The maximum Gasteiger partial charge on any atom is 0.269 e. The van der Waals surface area contributed by atoms with Gasteiger partial charge in [0.05, 0.1) is 4.92 Å². The van der Waals surface area contributed by atoms with Crippen LogP contribution < -0.4 is 10.2 Å². The predicted octanol–water partition coefficient (Wildman–Crippen LogP) is 6.07. The summed E-state index contributed by atoms with van der Waals surface area (Å²) in [6.07, 6.45) is 4.61. The van der Waals surface area contributed by atoms with Gasteiger partial charge in [-0.15, -0.1) is 0 Å². The van der Waals surface area contributed by atoms with E-state index in [0.717, 1.165) is 50.6 Å². The molecule has 1 N–H and O–H groups in total. The van der Waals surface area contributed by atoms with Crippen LogP contribution in [-0.4, -0.2) is 41.9 Å². The number of piperazine rings is 1. The van der Waals surface area contributed by atoms with Crippen molar-refractivity contribution in [2.24, 2.45) is 5.92 Å². The van der Waals surface area contributed by atoms with E-state index in [1.807, 2.05) is 12.1 Å². The number of anilines is 2. The van der Waals surface area contributed by atoms with Gasteiger partial charge in [0.15, 0.2) is 0 Å². The van der Waals surface area contributed by atoms with Gasteiger partial charge in [0.1, 0.15) is 0 Å². The zero-order valence-corrected chi connectivity index (χ0v) is 21.3. The molecule has 3 aromatic carbocycles. The molecule has 0 unspecified atom stereocenters. The number of non-ortho nitro benzene ring substituents is 1. The smallest absolute Gasteiger partial charge is 0.269 e. The van der Waals surface area contributed by atoms with Gasteiger partial charge in [-0.3, -0.25) is 19.8 Å². The third kappa shape index (κ3) is 5.37. The summed E-state index contributed by atoms with van der Waals surface area (Å²) in [7, 11) is 0. The summed E-state index contributed by atoms with van der Waals surface area (Å²) in [5, 5.41) is 13.9. The Balaban J connectivity index is 1.35. The maximum atomic E-state index is 12.9. The third-order valence-electron chi connectivity index (χ3n) is 8.11. The van der Waals surface area contributed by atoms with Crippen LogP contribution in [0.2, 0.25) is 0 Å². The first-order chi connectivity index (χ1) is 17.9. The lowest BCUT2D eigenvalue weighted by Crippen LogP contribution is -2.56. The van der Waals surface area contributed by atoms with Crippen molar-refractivity contribution in [3.05, 3.63) is 100 Å². The highest BCUT2D eigenvalue weighted by Gasteiger charge is 2.42. The van der Waals surface area contributed by atoms with Crippen molar-refractivity contribution in [2.75, 3.05) is 36.4 Å². The van der Waals surface area contributed by atoms with Crippen LogP contribution in [0.5, 0.6) is 0 Å². The van der Waals surface area contributed by atoms with Crippen molar-refractivity contribution in [3.63, 3.8) is 0 Å². The molecule has 0 radical (unpaired) electrons. The highest BCUT2D eigenvalue weighted by molar-refractivity contribution is 6.04. The number of nitrogens with one attached hydrogen (secondary N) is 1. The molecule has 3 aromatic rings. The van der Waals surface area contributed by atoms with Gasteiger partial charge in [0.25, 0.3) is 11.6 Å². The summed E-state index contributed by atoms with van der Waals surface area (Å²) in [6.45, 7) is 6.35. The molecule has 2 fully saturated rings. The standard InChI is InChI=1S/C30H34N4O3/c1-23-14-16-30(17-15-23,33-20-18-32(19-21-33)27-8-3-2-4-9-27)25-6-5-7-26(22-25)31-29(35)24-10-12-28(13-11-24)34(36)37/h2-13,22-23H,14-21H2,1H3,(H,31,35)/t23-,30-. The molecule has 0 atom stereocenters. The Hall–Kier alpha value is -3.71. The van der Waals surface area contributed by atoms with Crippen LogP contribution in [0.15, 0.2) is 78.9 Å². The fourth-order valence-corrected chi connectivity index (χ4v) is 5.88. The molecule has 5 rings (SSSR count). The van der Waals surface area contributed by atoms with E-state index in [-0.39, 0.29) is 17.1 Å². The summed E-state index contributed by atoms with van der Waals surface area (Å²) >= 11 is 0. The molecule has 1 saturated heterocycles. The first-order valence-electron chi connectivity index (χ1n) is 13.2. The quantitative estimate of drug-likeness (QED) is 0.329. The molecule has 7 nitrogen and oxygen atoms in total. The van der Waals surface area contributed by atoms with Gasteiger partial charge in [-0.05, 0) is 73.6 Å². The van der Waals surface area contributed by atoms with Crippen molar-refractivity contribution in [3.8, 4) is 0 Å². The Labute approximate surface area is 218 Å². The first-order valence-corrected chi connectivity index (χ1v) is 13.2. The van der Waals surface area contributed by atoms with E-state index < -0.39 is 4.92 Å². The van der Waals surface area contributed by atoms with Crippen molar-refractivity contribution >= 4 is 23.0 Å². The highest BCUT2D eigenvalue weighted by Crippen LogP contribution is 2.45. The lowest BCUT2D eigenvalue weighted by atomic mass is 9.71. The molecule has 1 saturated carbocycles. The predicted molar refractivity (Wildman–Crippen MR) is 147 cm³/mol. The Morgan fingerprint density at radius 2 is 1.59 bits per heavy atom. The topological polar surface area (TPSA) is 78.7 Å². The van der Waals surface area contributed by atoms with Gasteiger partial charge in [-0.1, -0.05) is 37.3 Å². The van der Waals surface area contributed by atoms with Gasteiger partial charge in [0, 0.05) is 60.8 Å². The van der Waals surface area contributed by atoms with Crippen LogP contribution in [0.1, 0.15) is 48.5 Å². The van der Waals surface area contributed by atoms with E-state index in [4.69, 9.17) is 0 Å². The fourth-order valence-electron chi connectivity index (χ4n) is 5.88. The molecule has 37 heavy (non-hydrogen) atoms. The van der Waals surface area contributed by atoms with Gasteiger partial charge in [-0.2, -0.15) is 0 Å². The monoisotopic (exact) mass is 498 g/mol. The molecule has 0 aromatic heterocycles. The normalized spacial score (nSPS) is 22.4. The van der Waals surface area contributed by atoms with E-state index >= 15 is 0 Å². The van der Waals surface area contributed by atoms with E-state index in [0.29, 0.717) is 5.56 Å². The molecular weight excluding hydrogens is 464 g/mol. The Bertz CT molecular complexity index is 1230. The summed E-state index contributed by atoms with van der Waals surface area (Å²) in [6, 6.07) is 24.6. The zero-order valence-electron chi connectivity index (χ0n) is 21.3. The molecule has 1 aliphatic carbocycles. The number of carbonyl (C=O) groups is 1. The Kier molecular flexibility index (Phi) is 7.24. The van der Waals surface area contributed by atoms with Crippen LogP contribution in [0.3, 0.4) is 0 Å². The first kappa shape index (κ1) is 25.0. The molecule has 2 aliphatic rings. The van der Waals surface area contributed by atoms with Crippen molar-refractivity contribution in [2.45, 2.75) is 38.1 Å². The third-order valence-corrected chi connectivity index (χ3v) is 8.11. The second-order valence-electron chi connectivity index (χ2n) is 10.4. The van der Waals surface area contributed by atoms with E-state index in [1.54, 1.807) is 0 Å². The van der Waals surface area contributed by atoms with Crippen LogP contribution in [0.25, 0.3) is 0 Å². The zero-order chi connectivity index (χ0) is 25.8. The number of nitro benzene ring substituents is 1. The Morgan fingerprint density at radius 1 is 0.919 bits per heavy atom. The molecular formula is C30H34N4O3. The number of para-hydroxylation sites is 1. The second kappa shape index (κ2) is 10.7. The number of carbonyl (C=O) groups excluding carboxylic acids is 1. The van der Waals surface area contributed by atoms with E-state index in [9.17, 15) is 14.9 Å². The van der Waals surface area contributed by atoms with E-state index in [1.165, 1.54) is 48.4 Å². The Morgan fingerprint density at radius 3 is 2.24 bits per heavy atom. The number of amides is 1. The SMILES string of the molecule is C[C@H]1CC[C@](c2cccc(NC(=O)c3ccc([N+](=O)[O-])cc3)c2)(N2CCN(c3ccccc3)CC2)CC1. The van der Waals surface area contributed by atoms with Crippen LogP contribution in [-0.2, 0) is 5.54 Å². The maximum absolute atomic E-state index is 12.9. The van der Waals surface area contributed by atoms with Crippen LogP contribution in [0, 0.1) is 16.0 Å². The number of hydrogen-bond donors (Lipinski definition) is 1. The van der Waals surface area contributed by atoms with Crippen molar-refractivity contribution < 1.29 is 9.72 Å². The largest absolute Gasteiger partial charge is 0.369 e. The number of hydrogen-bond acceptors (Lipinski definition) is 5. The highest BCUT2D eigenvalue weighted by atomic mass is 16.6. The van der Waals surface area contributed by atoms with Crippen LogP contribution >= 0.6 is 0 Å². The molecule has 0 bridgehead atoms. The molecule has 1 aliphatic heterocycles. The van der Waals surface area contributed by atoms with Crippen molar-refractivity contribution in [1.29, 1.82) is 0 Å². The van der Waals surface area contributed by atoms with E-state index in [2.05, 4.69) is 64.5 Å². The van der Waals surface area contributed by atoms with Gasteiger partial charge < -0.3 is 10.2 Å². The average Bonchev–Trinajstić information content (AvgIpc) is 2.94. The number of nitrogens with zero attached hydrogens (tertiary/aromatic N) is 3. The van der Waals surface area contributed by atoms with Gasteiger partial charge in [-0.25, -0.2) is 0 Å². The molecule has 0 spiro atoms. The average molecular weight is 499 g/mol. The van der Waals surface area contributed by atoms with Crippen LogP contribution in [0.4, 0.5) is 17.1 Å². The lowest BCUT2D eigenvalue weighted by molar-refractivity contribution is -0.384. The molecule has 1 amide bonds. The molecule has 1 heterocycles. The summed E-state index contributed by atoms with van der Waals surface area (Å²) in [5.74, 6) is 0.457. The summed E-state index contributed by atoms with van der Waals surface area (Å²) in [5.41, 5.74) is 3.62. The van der Waals surface area contributed by atoms with Gasteiger partial charge >= 0.3 is 0 Å². The minimum Gasteiger partial charge on any atom is -0.369 e.